The zero-order valence-corrected chi connectivity index (χ0v) is 13.2. The predicted molar refractivity (Wildman–Crippen MR) is 83.7 cm³/mol. The van der Waals surface area contributed by atoms with Crippen molar-refractivity contribution in [2.75, 3.05) is 13.1 Å². The van der Waals surface area contributed by atoms with Gasteiger partial charge in [-0.2, -0.15) is 0 Å². The summed E-state index contributed by atoms with van der Waals surface area (Å²) in [5.74, 6) is 0.591. The molecule has 0 radical (unpaired) electrons. The van der Waals surface area contributed by atoms with Crippen LogP contribution in [0.4, 0.5) is 0 Å². The summed E-state index contributed by atoms with van der Waals surface area (Å²) >= 11 is 1.80. The molecule has 110 valence electrons. The average Bonchev–Trinajstić information content (AvgIpc) is 2.87. The highest BCUT2D eigenvalue weighted by Crippen LogP contribution is 2.32. The maximum Gasteiger partial charge on any atom is 0.255 e. The summed E-state index contributed by atoms with van der Waals surface area (Å²) in [6, 6.07) is 3.63. The molecule has 3 heterocycles. The smallest absolute Gasteiger partial charge is 0.255 e. The minimum absolute atomic E-state index is 0.0908. The van der Waals surface area contributed by atoms with Crippen LogP contribution in [0.1, 0.15) is 44.7 Å². The number of amides is 1. The van der Waals surface area contributed by atoms with Crippen molar-refractivity contribution >= 4 is 17.2 Å². The molecule has 0 spiro atoms. The number of hydrogen-bond acceptors (Lipinski definition) is 4. The Morgan fingerprint density at radius 3 is 2.67 bits per heavy atom. The van der Waals surface area contributed by atoms with Gasteiger partial charge in [-0.05, 0) is 38.8 Å². The first-order valence-electron chi connectivity index (χ1n) is 7.28. The maximum absolute atomic E-state index is 12.4. The molecule has 1 aliphatic heterocycles. The Balaban J connectivity index is 1.64. The van der Waals surface area contributed by atoms with Crippen LogP contribution in [0, 0.1) is 13.8 Å². The fourth-order valence-electron chi connectivity index (χ4n) is 2.67. The van der Waals surface area contributed by atoms with Gasteiger partial charge in [0.25, 0.3) is 5.91 Å². The summed E-state index contributed by atoms with van der Waals surface area (Å²) in [5.41, 5.74) is 1.82. The first kappa shape index (κ1) is 14.2. The lowest BCUT2D eigenvalue weighted by Crippen LogP contribution is -2.37. The number of carbonyl (C=O) groups is 1. The molecule has 2 aromatic rings. The number of pyridine rings is 1. The first-order chi connectivity index (χ1) is 10.1. The first-order valence-corrected chi connectivity index (χ1v) is 8.10. The van der Waals surface area contributed by atoms with E-state index in [0.29, 0.717) is 11.5 Å². The van der Waals surface area contributed by atoms with E-state index in [-0.39, 0.29) is 5.91 Å². The number of thiazole rings is 1. The van der Waals surface area contributed by atoms with Crippen LogP contribution >= 0.6 is 11.3 Å². The van der Waals surface area contributed by atoms with Crippen molar-refractivity contribution in [3.63, 3.8) is 0 Å². The van der Waals surface area contributed by atoms with Gasteiger partial charge in [-0.15, -0.1) is 11.3 Å². The van der Waals surface area contributed by atoms with Gasteiger partial charge in [0.2, 0.25) is 0 Å². The molecule has 0 N–H and O–H groups in total. The third kappa shape index (κ3) is 2.97. The summed E-state index contributed by atoms with van der Waals surface area (Å²) in [6.07, 6.45) is 5.33. The van der Waals surface area contributed by atoms with Gasteiger partial charge in [-0.1, -0.05) is 0 Å². The van der Waals surface area contributed by atoms with Gasteiger partial charge in [0.05, 0.1) is 16.3 Å². The second-order valence-electron chi connectivity index (χ2n) is 5.50. The van der Waals surface area contributed by atoms with Crippen molar-refractivity contribution in [2.45, 2.75) is 32.6 Å². The van der Waals surface area contributed by atoms with Gasteiger partial charge in [0, 0.05) is 36.3 Å². The number of carbonyl (C=O) groups excluding carboxylic acids is 1. The monoisotopic (exact) mass is 301 g/mol. The van der Waals surface area contributed by atoms with Gasteiger partial charge in [-0.3, -0.25) is 9.78 Å². The van der Waals surface area contributed by atoms with E-state index in [2.05, 4.69) is 23.8 Å². The number of piperidine rings is 1. The van der Waals surface area contributed by atoms with E-state index in [1.54, 1.807) is 29.8 Å². The lowest BCUT2D eigenvalue weighted by atomic mass is 9.97. The molecule has 3 rings (SSSR count). The van der Waals surface area contributed by atoms with Gasteiger partial charge < -0.3 is 4.90 Å². The van der Waals surface area contributed by atoms with Gasteiger partial charge in [0.15, 0.2) is 0 Å². The number of aryl methyl sites for hydroxylation is 2. The van der Waals surface area contributed by atoms with Crippen LogP contribution in [0.3, 0.4) is 0 Å². The molecule has 1 saturated heterocycles. The zero-order chi connectivity index (χ0) is 14.8. The molecule has 0 aliphatic carbocycles. The highest BCUT2D eigenvalue weighted by molar-refractivity contribution is 7.11. The van der Waals surface area contributed by atoms with E-state index in [1.165, 1.54) is 9.88 Å². The number of nitrogens with zero attached hydrogens (tertiary/aromatic N) is 3. The summed E-state index contributed by atoms with van der Waals surface area (Å²) in [4.78, 5) is 24.3. The topological polar surface area (TPSA) is 46.1 Å². The molecular weight excluding hydrogens is 282 g/mol. The van der Waals surface area contributed by atoms with Gasteiger partial charge >= 0.3 is 0 Å². The summed E-state index contributed by atoms with van der Waals surface area (Å²) in [5, 5.41) is 1.23. The van der Waals surface area contributed by atoms with Crippen molar-refractivity contribution in [1.82, 2.24) is 14.9 Å². The van der Waals surface area contributed by atoms with E-state index in [9.17, 15) is 4.79 Å². The van der Waals surface area contributed by atoms with E-state index >= 15 is 0 Å². The average molecular weight is 301 g/mol. The Morgan fingerprint density at radius 1 is 1.33 bits per heavy atom. The minimum Gasteiger partial charge on any atom is -0.339 e. The molecule has 0 unspecified atom stereocenters. The summed E-state index contributed by atoms with van der Waals surface area (Å²) in [7, 11) is 0. The Bertz CT molecular complexity index is 611. The minimum atomic E-state index is 0.0908. The van der Waals surface area contributed by atoms with E-state index < -0.39 is 0 Å². The van der Waals surface area contributed by atoms with Gasteiger partial charge in [0.1, 0.15) is 0 Å². The molecule has 5 heteroatoms. The highest BCUT2D eigenvalue weighted by Gasteiger charge is 2.26. The van der Waals surface area contributed by atoms with Crippen molar-refractivity contribution in [1.29, 1.82) is 0 Å². The second-order valence-corrected chi connectivity index (χ2v) is 6.74. The van der Waals surface area contributed by atoms with Gasteiger partial charge in [-0.25, -0.2) is 4.98 Å². The lowest BCUT2D eigenvalue weighted by Gasteiger charge is -2.31. The van der Waals surface area contributed by atoms with Crippen LogP contribution in [0.25, 0.3) is 0 Å². The standard InChI is InChI=1S/C16H19N3OS/c1-11-12(2)21-15(18-11)13-5-8-19(9-6-13)16(20)14-4-3-7-17-10-14/h3-4,7,10,13H,5-6,8-9H2,1-2H3. The van der Waals surface area contributed by atoms with Crippen LogP contribution < -0.4 is 0 Å². The number of hydrogen-bond donors (Lipinski definition) is 0. The molecular formula is C16H19N3OS. The zero-order valence-electron chi connectivity index (χ0n) is 12.4. The quantitative estimate of drug-likeness (QED) is 0.856. The molecule has 0 bridgehead atoms. The van der Waals surface area contributed by atoms with E-state index in [1.807, 2.05) is 11.0 Å². The number of rotatable bonds is 2. The number of aromatic nitrogens is 2. The predicted octanol–water partition coefficient (Wildman–Crippen LogP) is 3.17. The molecule has 21 heavy (non-hydrogen) atoms. The van der Waals surface area contributed by atoms with Crippen molar-refractivity contribution < 1.29 is 4.79 Å². The van der Waals surface area contributed by atoms with Crippen molar-refractivity contribution in [2.24, 2.45) is 0 Å². The van der Waals surface area contributed by atoms with Crippen LogP contribution in [-0.2, 0) is 0 Å². The summed E-state index contributed by atoms with van der Waals surface area (Å²) < 4.78 is 0. The third-order valence-electron chi connectivity index (χ3n) is 4.08. The Kier molecular flexibility index (Phi) is 4.01. The SMILES string of the molecule is Cc1nc(C2CCN(C(=O)c3cccnc3)CC2)sc1C. The van der Waals surface area contributed by atoms with Crippen LogP contribution in [0.15, 0.2) is 24.5 Å². The molecule has 2 aromatic heterocycles. The van der Waals surface area contributed by atoms with Crippen molar-refractivity contribution in [3.8, 4) is 0 Å². The van der Waals surface area contributed by atoms with E-state index in [4.69, 9.17) is 0 Å². The maximum atomic E-state index is 12.4. The molecule has 0 atom stereocenters. The fourth-order valence-corrected chi connectivity index (χ4v) is 3.77. The molecule has 1 aliphatic rings. The molecule has 1 amide bonds. The Morgan fingerprint density at radius 2 is 2.10 bits per heavy atom. The molecule has 1 fully saturated rings. The molecule has 0 aromatic carbocycles. The molecule has 4 nitrogen and oxygen atoms in total. The highest BCUT2D eigenvalue weighted by atomic mass is 32.1. The fraction of sp³-hybridized carbons (Fsp3) is 0.438. The summed E-state index contributed by atoms with van der Waals surface area (Å²) in [6.45, 7) is 5.79. The Labute approximate surface area is 128 Å². The van der Waals surface area contributed by atoms with Crippen LogP contribution in [-0.4, -0.2) is 33.9 Å². The molecule has 0 saturated carbocycles. The number of likely N-dealkylation sites (tertiary alicyclic amines) is 1. The third-order valence-corrected chi connectivity index (χ3v) is 5.32. The normalized spacial score (nSPS) is 16.2. The largest absolute Gasteiger partial charge is 0.339 e. The Hall–Kier alpha value is -1.75. The lowest BCUT2D eigenvalue weighted by molar-refractivity contribution is 0.0712. The van der Waals surface area contributed by atoms with Crippen molar-refractivity contribution in [3.05, 3.63) is 45.7 Å². The second kappa shape index (κ2) is 5.93. The van der Waals surface area contributed by atoms with Crippen LogP contribution in [0.5, 0.6) is 0 Å². The van der Waals surface area contributed by atoms with E-state index in [0.717, 1.165) is 31.6 Å². The van der Waals surface area contributed by atoms with Crippen LogP contribution in [0.2, 0.25) is 0 Å².